The smallest absolute Gasteiger partial charge is 0.315 e. The van der Waals surface area contributed by atoms with Crippen molar-refractivity contribution in [2.24, 2.45) is 17.8 Å². The second-order valence-electron chi connectivity index (χ2n) is 16.5. The van der Waals surface area contributed by atoms with E-state index in [0.717, 1.165) is 70.4 Å². The number of aliphatic hydroxyl groups is 2. The Morgan fingerprint density at radius 1 is 0.815 bits per heavy atom. The predicted molar refractivity (Wildman–Crippen MR) is 207 cm³/mol. The average Bonchev–Trinajstić information content (AvgIpc) is 3.16. The van der Waals surface area contributed by atoms with Gasteiger partial charge in [0.2, 0.25) is 0 Å². The van der Waals surface area contributed by atoms with Gasteiger partial charge in [-0.2, -0.15) is 0 Å². The van der Waals surface area contributed by atoms with Crippen molar-refractivity contribution in [3.8, 4) is 16.9 Å². The molecule has 5 fully saturated rings. The van der Waals surface area contributed by atoms with Gasteiger partial charge in [-0.05, 0) is 121 Å². The normalized spacial score (nSPS) is 27.9. The summed E-state index contributed by atoms with van der Waals surface area (Å²) in [6.45, 7) is 1.36. The molecule has 4 saturated carbocycles. The molecule has 1 heterocycles. The highest BCUT2D eigenvalue weighted by Crippen LogP contribution is 2.55. The molecule has 4 aromatic rings. The Labute approximate surface area is 318 Å². The molecule has 9 heteroatoms. The zero-order valence-electron chi connectivity index (χ0n) is 31.1. The minimum Gasteiger partial charge on any atom is -0.508 e. The Balaban J connectivity index is 0.946. The van der Waals surface area contributed by atoms with Crippen LogP contribution < -0.4 is 10.6 Å². The van der Waals surface area contributed by atoms with Gasteiger partial charge in [0.05, 0.1) is 24.9 Å². The molecule has 1 aliphatic heterocycles. The number of benzene rings is 4. The van der Waals surface area contributed by atoms with Gasteiger partial charge in [0.15, 0.2) is 6.29 Å². The zero-order chi connectivity index (χ0) is 37.2. The van der Waals surface area contributed by atoms with Crippen LogP contribution in [0, 0.1) is 17.8 Å². The summed E-state index contributed by atoms with van der Waals surface area (Å²) >= 11 is 0. The van der Waals surface area contributed by atoms with Gasteiger partial charge in [-0.1, -0.05) is 72.8 Å². The van der Waals surface area contributed by atoms with Crippen molar-refractivity contribution in [3.05, 3.63) is 125 Å². The molecule has 284 valence electrons. The molecule has 54 heavy (non-hydrogen) atoms. The molecule has 4 aromatic carbocycles. The minimum absolute atomic E-state index is 0.0189. The largest absolute Gasteiger partial charge is 0.508 e. The molecular formula is C45H53N3O6. The molecule has 5 N–H and O–H groups in total. The molecule has 9 rings (SSSR count). The predicted octanol–water partition coefficient (Wildman–Crippen LogP) is 7.53. The summed E-state index contributed by atoms with van der Waals surface area (Å²) in [4.78, 5) is 15.2. The van der Waals surface area contributed by atoms with Crippen molar-refractivity contribution in [1.29, 1.82) is 0 Å². The first kappa shape index (κ1) is 36.7. The van der Waals surface area contributed by atoms with Crippen LogP contribution in [0.1, 0.15) is 91.3 Å². The molecule has 9 nitrogen and oxygen atoms in total. The van der Waals surface area contributed by atoms with Crippen LogP contribution in [0.15, 0.2) is 97.1 Å². The number of aromatic hydroxyl groups is 1. The van der Waals surface area contributed by atoms with Gasteiger partial charge >= 0.3 is 6.03 Å². The highest BCUT2D eigenvalue weighted by atomic mass is 16.7. The number of nitrogens with one attached hydrogen (secondary N) is 2. The Bertz CT molecular complexity index is 1880. The van der Waals surface area contributed by atoms with Crippen molar-refractivity contribution in [1.82, 2.24) is 15.5 Å². The van der Waals surface area contributed by atoms with E-state index in [9.17, 15) is 20.1 Å². The van der Waals surface area contributed by atoms with E-state index in [4.69, 9.17) is 9.47 Å². The highest BCUT2D eigenvalue weighted by molar-refractivity contribution is 5.75. The van der Waals surface area contributed by atoms with Crippen molar-refractivity contribution in [2.75, 3.05) is 20.1 Å². The van der Waals surface area contributed by atoms with Crippen LogP contribution >= 0.6 is 0 Å². The van der Waals surface area contributed by atoms with E-state index >= 15 is 0 Å². The topological polar surface area (TPSA) is 124 Å². The fourth-order valence-corrected chi connectivity index (χ4v) is 10.0. The Morgan fingerprint density at radius 2 is 1.50 bits per heavy atom. The number of hydrogen-bond acceptors (Lipinski definition) is 7. The Hall–Kier alpha value is -4.25. The lowest BCUT2D eigenvalue weighted by molar-refractivity contribution is -0.252. The molecular weight excluding hydrogens is 679 g/mol. The minimum atomic E-state index is -0.765. The van der Waals surface area contributed by atoms with E-state index in [-0.39, 0.29) is 36.1 Å². The third-order valence-corrected chi connectivity index (χ3v) is 12.2. The Morgan fingerprint density at radius 3 is 2.20 bits per heavy atom. The number of aliphatic hydroxyl groups excluding tert-OH is 2. The first-order chi connectivity index (χ1) is 26.2. The van der Waals surface area contributed by atoms with Crippen LogP contribution in [0.3, 0.4) is 0 Å². The lowest BCUT2D eigenvalue weighted by Crippen LogP contribution is -2.61. The number of hydrogen-bond donors (Lipinski definition) is 5. The summed E-state index contributed by atoms with van der Waals surface area (Å²) in [6.07, 6.45) is 6.21. The molecule has 0 spiro atoms. The van der Waals surface area contributed by atoms with Crippen LogP contribution in [0.5, 0.6) is 5.75 Å². The number of ether oxygens (including phenoxy) is 2. The van der Waals surface area contributed by atoms with Gasteiger partial charge < -0.3 is 40.3 Å². The molecule has 2 amide bonds. The first-order valence-corrected chi connectivity index (χ1v) is 19.6. The number of rotatable bonds is 12. The number of nitrogens with zero attached hydrogens (tertiary/aromatic N) is 1. The number of carbonyl (C=O) groups is 1. The van der Waals surface area contributed by atoms with Gasteiger partial charge in [0.1, 0.15) is 5.75 Å². The number of phenolic OH excluding ortho intramolecular Hbond substituents is 1. The molecule has 0 radical (unpaired) electrons. The standard InChI is InChI=1S/C45H53N3O6/c1-48(27-41(51)37-8-4-10-39(50)20-37)26-40-21-42(34-13-11-29(28-49)12-14-34)54-43(53-40)38-9-3-7-36(19-38)35-6-2-5-30(18-35)25-46-44(52)47-45-22-31-15-32(23-45)17-33(16-31)24-45/h2-14,18-20,31-33,40-43,49-51H,15-17,21-28H2,1H3,(H2,46,47,52)/t31?,32?,33?,40-,41+,42+,43+,45?/m0/s1. The van der Waals surface area contributed by atoms with E-state index in [1.54, 1.807) is 18.2 Å². The summed E-state index contributed by atoms with van der Waals surface area (Å²) in [7, 11) is 1.96. The number of urea groups is 1. The lowest BCUT2D eigenvalue weighted by Gasteiger charge is -2.56. The molecule has 1 saturated heterocycles. The SMILES string of the molecule is CN(C[C@@H]1C[C@H](c2ccc(CO)cc2)O[C@H](c2cccc(-c3cccc(CNC(=O)NC45CC6CC(CC(C6)C4)C5)c3)c2)O1)C[C@@H](O)c1cccc(O)c1. The van der Waals surface area contributed by atoms with Crippen LogP contribution in [0.25, 0.3) is 11.1 Å². The number of phenols is 1. The van der Waals surface area contributed by atoms with E-state index in [2.05, 4.69) is 41.0 Å². The third-order valence-electron chi connectivity index (χ3n) is 12.2. The summed E-state index contributed by atoms with van der Waals surface area (Å²) in [6, 6.07) is 31.1. The summed E-state index contributed by atoms with van der Waals surface area (Å²) < 4.78 is 13.3. The maximum Gasteiger partial charge on any atom is 0.315 e. The zero-order valence-corrected chi connectivity index (χ0v) is 31.1. The highest BCUT2D eigenvalue weighted by Gasteiger charge is 2.51. The van der Waals surface area contributed by atoms with Gasteiger partial charge in [-0.25, -0.2) is 4.79 Å². The molecule has 4 atom stereocenters. The van der Waals surface area contributed by atoms with Gasteiger partial charge in [0.25, 0.3) is 0 Å². The van der Waals surface area contributed by atoms with E-state index in [0.29, 0.717) is 31.6 Å². The van der Waals surface area contributed by atoms with Gasteiger partial charge in [-0.15, -0.1) is 0 Å². The summed E-state index contributed by atoms with van der Waals surface area (Å²) in [5.41, 5.74) is 6.49. The fraction of sp³-hybridized carbons (Fsp3) is 0.444. The summed E-state index contributed by atoms with van der Waals surface area (Å²) in [5.74, 6) is 2.46. The molecule has 4 bridgehead atoms. The van der Waals surface area contributed by atoms with E-state index in [1.807, 2.05) is 60.5 Å². The first-order valence-electron chi connectivity index (χ1n) is 19.6. The van der Waals surface area contributed by atoms with Crippen molar-refractivity contribution >= 4 is 6.03 Å². The molecule has 0 unspecified atom stereocenters. The van der Waals surface area contributed by atoms with Crippen LogP contribution in [0.4, 0.5) is 4.79 Å². The maximum absolute atomic E-state index is 13.2. The van der Waals surface area contributed by atoms with Crippen LogP contribution in [0.2, 0.25) is 0 Å². The van der Waals surface area contributed by atoms with E-state index in [1.165, 1.54) is 19.3 Å². The monoisotopic (exact) mass is 731 g/mol. The maximum atomic E-state index is 13.2. The van der Waals surface area contributed by atoms with E-state index < -0.39 is 12.4 Å². The number of amides is 2. The van der Waals surface area contributed by atoms with Crippen molar-refractivity contribution in [3.63, 3.8) is 0 Å². The van der Waals surface area contributed by atoms with Gasteiger partial charge in [0, 0.05) is 37.2 Å². The van der Waals surface area contributed by atoms with Crippen molar-refractivity contribution in [2.45, 2.75) is 88.2 Å². The second-order valence-corrected chi connectivity index (χ2v) is 16.5. The lowest BCUT2D eigenvalue weighted by atomic mass is 9.53. The van der Waals surface area contributed by atoms with Crippen molar-refractivity contribution < 1.29 is 29.6 Å². The second kappa shape index (κ2) is 15.8. The Kier molecular flexibility index (Phi) is 10.8. The van der Waals surface area contributed by atoms with Crippen LogP contribution in [-0.4, -0.2) is 58.0 Å². The van der Waals surface area contributed by atoms with Crippen LogP contribution in [-0.2, 0) is 22.6 Å². The molecule has 4 aliphatic carbocycles. The number of likely N-dealkylation sites (N-methyl/N-ethyl adjacent to an activating group) is 1. The third kappa shape index (κ3) is 8.51. The average molecular weight is 732 g/mol. The summed E-state index contributed by atoms with van der Waals surface area (Å²) in [5, 5.41) is 37.0. The molecule has 5 aliphatic rings. The van der Waals surface area contributed by atoms with Gasteiger partial charge in [-0.3, -0.25) is 0 Å². The molecule has 0 aromatic heterocycles. The quantitative estimate of drug-likeness (QED) is 0.102. The fourth-order valence-electron chi connectivity index (χ4n) is 10.0. The number of carbonyl (C=O) groups excluding carboxylic acids is 1.